The van der Waals surface area contributed by atoms with Crippen molar-refractivity contribution in [1.29, 1.82) is 0 Å². The Hall–Kier alpha value is -1.31. The van der Waals surface area contributed by atoms with Crippen LogP contribution in [-0.4, -0.2) is 18.5 Å². The van der Waals surface area contributed by atoms with E-state index in [1.807, 2.05) is 19.1 Å². The van der Waals surface area contributed by atoms with E-state index in [1.165, 1.54) is 0 Å². The van der Waals surface area contributed by atoms with E-state index in [0.717, 1.165) is 17.1 Å². The van der Waals surface area contributed by atoms with Crippen molar-refractivity contribution in [1.82, 2.24) is 4.37 Å². The van der Waals surface area contributed by atoms with E-state index in [9.17, 15) is 8.42 Å². The van der Waals surface area contributed by atoms with Gasteiger partial charge in [-0.1, -0.05) is 30.7 Å². The number of sulfone groups is 1. The summed E-state index contributed by atoms with van der Waals surface area (Å²) in [5, 5.41) is 4.23. The summed E-state index contributed by atoms with van der Waals surface area (Å²) < 4.78 is 28.4. The molecule has 0 radical (unpaired) electrons. The fraction of sp³-hybridized carbons (Fsp3) is 0.308. The molecule has 0 spiro atoms. The van der Waals surface area contributed by atoms with Crippen LogP contribution in [0.2, 0.25) is 5.02 Å². The molecule has 0 aliphatic carbocycles. The molecule has 5 nitrogen and oxygen atoms in total. The van der Waals surface area contributed by atoms with Gasteiger partial charge in [-0.25, -0.2) is 8.42 Å². The largest absolute Gasteiger partial charge is 0.382 e. The predicted octanol–water partition coefficient (Wildman–Crippen LogP) is 3.17. The number of rotatable bonds is 6. The maximum absolute atomic E-state index is 12.2. The zero-order valence-electron chi connectivity index (χ0n) is 11.5. The van der Waals surface area contributed by atoms with Crippen LogP contribution in [0.15, 0.2) is 29.2 Å². The van der Waals surface area contributed by atoms with Gasteiger partial charge in [0.2, 0.25) is 0 Å². The summed E-state index contributed by atoms with van der Waals surface area (Å²) in [5.41, 5.74) is 6.70. The highest BCUT2D eigenvalue weighted by molar-refractivity contribution is 7.91. The van der Waals surface area contributed by atoms with Crippen LogP contribution in [0.3, 0.4) is 0 Å². The molecule has 8 heteroatoms. The Bertz CT molecular complexity index is 712. The molecule has 2 aromatic rings. The first-order valence-electron chi connectivity index (χ1n) is 6.40. The minimum Gasteiger partial charge on any atom is -0.382 e. The van der Waals surface area contributed by atoms with Crippen LogP contribution < -0.4 is 11.1 Å². The number of aromatic nitrogens is 1. The number of nitrogens with two attached hydrogens (primary N) is 1. The molecule has 21 heavy (non-hydrogen) atoms. The molecule has 0 unspecified atom stereocenters. The first-order valence-corrected chi connectivity index (χ1v) is 9.20. The Morgan fingerprint density at radius 2 is 2.00 bits per heavy atom. The third-order valence-electron chi connectivity index (χ3n) is 2.82. The van der Waals surface area contributed by atoms with E-state index in [2.05, 4.69) is 9.69 Å². The Balaban J connectivity index is 2.20. The number of nitrogens with zero attached hydrogens (tertiary/aromatic N) is 1. The molecular formula is C13H16ClN3O2S2. The van der Waals surface area contributed by atoms with Gasteiger partial charge in [0.15, 0.2) is 15.7 Å². The fourth-order valence-corrected chi connectivity index (χ4v) is 4.60. The Morgan fingerprint density at radius 1 is 1.33 bits per heavy atom. The van der Waals surface area contributed by atoms with Crippen molar-refractivity contribution in [3.63, 3.8) is 0 Å². The molecule has 0 bridgehead atoms. The molecule has 0 aliphatic rings. The monoisotopic (exact) mass is 345 g/mol. The summed E-state index contributed by atoms with van der Waals surface area (Å²) in [6, 6.07) is 7.32. The molecule has 1 heterocycles. The van der Waals surface area contributed by atoms with E-state index in [-0.39, 0.29) is 16.5 Å². The first kappa shape index (κ1) is 16.1. The van der Waals surface area contributed by atoms with Crippen molar-refractivity contribution in [3.8, 4) is 0 Å². The number of hydrogen-bond donors (Lipinski definition) is 2. The van der Waals surface area contributed by atoms with E-state index in [1.54, 1.807) is 12.1 Å². The van der Waals surface area contributed by atoms with Crippen molar-refractivity contribution < 1.29 is 8.42 Å². The summed E-state index contributed by atoms with van der Waals surface area (Å²) >= 11 is 6.89. The van der Waals surface area contributed by atoms with Crippen molar-refractivity contribution in [2.45, 2.75) is 24.8 Å². The van der Waals surface area contributed by atoms with Crippen molar-refractivity contribution in [2.75, 3.05) is 16.8 Å². The topological polar surface area (TPSA) is 85.1 Å². The number of hydrogen-bond acceptors (Lipinski definition) is 6. The van der Waals surface area contributed by atoms with Crippen molar-refractivity contribution in [3.05, 3.63) is 34.9 Å². The molecule has 1 aromatic carbocycles. The van der Waals surface area contributed by atoms with Crippen LogP contribution in [0, 0.1) is 0 Å². The third kappa shape index (κ3) is 3.87. The summed E-state index contributed by atoms with van der Waals surface area (Å²) in [6.45, 7) is 2.29. The molecule has 0 amide bonds. The minimum atomic E-state index is -3.40. The smallest absolute Gasteiger partial charge is 0.185 e. The molecular weight excluding hydrogens is 330 g/mol. The second-order valence-electron chi connectivity index (χ2n) is 4.52. The van der Waals surface area contributed by atoms with Gasteiger partial charge in [-0.3, -0.25) is 0 Å². The summed E-state index contributed by atoms with van der Waals surface area (Å²) in [5.74, 6) is 0.123. The highest BCUT2D eigenvalue weighted by Crippen LogP contribution is 2.32. The Morgan fingerprint density at radius 3 is 2.62 bits per heavy atom. The van der Waals surface area contributed by atoms with Gasteiger partial charge in [0, 0.05) is 11.6 Å². The average Bonchev–Trinajstić information content (AvgIpc) is 2.80. The fourth-order valence-electron chi connectivity index (χ4n) is 1.86. The summed E-state index contributed by atoms with van der Waals surface area (Å²) in [7, 11) is -3.40. The van der Waals surface area contributed by atoms with Gasteiger partial charge in [-0.05, 0) is 35.6 Å². The highest BCUT2D eigenvalue weighted by Gasteiger charge is 2.24. The molecule has 0 atom stereocenters. The van der Waals surface area contributed by atoms with Gasteiger partial charge in [0.1, 0.15) is 9.90 Å². The SMILES string of the molecule is CCCS(=O)(=O)c1c(N)nsc1NCc1ccc(Cl)cc1. The van der Waals surface area contributed by atoms with Gasteiger partial charge >= 0.3 is 0 Å². The Labute approximate surface area is 133 Å². The van der Waals surface area contributed by atoms with E-state index in [4.69, 9.17) is 17.3 Å². The highest BCUT2D eigenvalue weighted by atomic mass is 35.5. The average molecular weight is 346 g/mol. The van der Waals surface area contributed by atoms with Crippen LogP contribution in [0.1, 0.15) is 18.9 Å². The standard InChI is InChI=1S/C13H16ClN3O2S2/c1-2-7-21(18,19)11-12(15)17-20-13(11)16-8-9-3-5-10(14)6-4-9/h3-6,16H,2,7-8H2,1H3,(H2,15,17). The van der Waals surface area contributed by atoms with Crippen LogP contribution >= 0.6 is 23.1 Å². The number of benzene rings is 1. The van der Waals surface area contributed by atoms with E-state index >= 15 is 0 Å². The van der Waals surface area contributed by atoms with Crippen LogP contribution in [-0.2, 0) is 16.4 Å². The molecule has 114 valence electrons. The molecule has 0 saturated heterocycles. The third-order valence-corrected chi connectivity index (χ3v) is 6.01. The second kappa shape index (κ2) is 6.64. The zero-order valence-corrected chi connectivity index (χ0v) is 13.9. The van der Waals surface area contributed by atoms with Crippen molar-refractivity contribution in [2.24, 2.45) is 0 Å². The van der Waals surface area contributed by atoms with E-state index in [0.29, 0.717) is 23.0 Å². The van der Waals surface area contributed by atoms with Crippen LogP contribution in [0.5, 0.6) is 0 Å². The van der Waals surface area contributed by atoms with Crippen molar-refractivity contribution >= 4 is 43.8 Å². The first-order chi connectivity index (χ1) is 9.94. The number of anilines is 2. The second-order valence-corrected chi connectivity index (χ2v) is 7.78. The van der Waals surface area contributed by atoms with Crippen LogP contribution in [0.25, 0.3) is 0 Å². The Kier molecular flexibility index (Phi) is 5.08. The number of nitrogens with one attached hydrogen (secondary N) is 1. The lowest BCUT2D eigenvalue weighted by Crippen LogP contribution is -2.10. The maximum atomic E-state index is 12.2. The lowest BCUT2D eigenvalue weighted by atomic mass is 10.2. The maximum Gasteiger partial charge on any atom is 0.185 e. The summed E-state index contributed by atoms with van der Waals surface area (Å²) in [4.78, 5) is 0.114. The van der Waals surface area contributed by atoms with Gasteiger partial charge in [-0.2, -0.15) is 4.37 Å². The molecule has 1 aromatic heterocycles. The zero-order chi connectivity index (χ0) is 15.5. The number of nitrogen functional groups attached to an aromatic ring is 1. The van der Waals surface area contributed by atoms with Gasteiger partial charge in [0.25, 0.3) is 0 Å². The summed E-state index contributed by atoms with van der Waals surface area (Å²) in [6.07, 6.45) is 0.536. The van der Waals surface area contributed by atoms with Gasteiger partial charge < -0.3 is 11.1 Å². The molecule has 0 saturated carbocycles. The van der Waals surface area contributed by atoms with Gasteiger partial charge in [-0.15, -0.1) is 0 Å². The number of halogens is 1. The lowest BCUT2D eigenvalue weighted by Gasteiger charge is -2.08. The predicted molar refractivity (Wildman–Crippen MR) is 87.6 cm³/mol. The lowest BCUT2D eigenvalue weighted by molar-refractivity contribution is 0.595. The molecule has 0 fully saturated rings. The van der Waals surface area contributed by atoms with E-state index < -0.39 is 9.84 Å². The molecule has 2 rings (SSSR count). The molecule has 3 N–H and O–H groups in total. The van der Waals surface area contributed by atoms with Crippen LogP contribution in [0.4, 0.5) is 10.8 Å². The van der Waals surface area contributed by atoms with Gasteiger partial charge in [0.05, 0.1) is 5.75 Å². The molecule has 0 aliphatic heterocycles. The minimum absolute atomic E-state index is 0.0608. The normalized spacial score (nSPS) is 11.5. The quantitative estimate of drug-likeness (QED) is 0.839.